The summed E-state index contributed by atoms with van der Waals surface area (Å²) in [7, 11) is -3.15. The highest BCUT2D eigenvalue weighted by Crippen LogP contribution is 2.22. The molecule has 0 aromatic heterocycles. The van der Waals surface area contributed by atoms with E-state index in [1.54, 1.807) is 24.3 Å². The summed E-state index contributed by atoms with van der Waals surface area (Å²) in [6.45, 7) is 2.99. The Morgan fingerprint density at radius 1 is 0.913 bits per heavy atom. The van der Waals surface area contributed by atoms with E-state index in [1.165, 1.54) is 15.5 Å². The number of benzene rings is 1. The van der Waals surface area contributed by atoms with Crippen molar-refractivity contribution < 1.29 is 18.0 Å². The molecular weight excluding hydrogens is 318 g/mol. The molecule has 2 aliphatic heterocycles. The summed E-state index contributed by atoms with van der Waals surface area (Å²) in [5, 5.41) is 0. The van der Waals surface area contributed by atoms with Crippen molar-refractivity contribution in [2.45, 2.75) is 0 Å². The van der Waals surface area contributed by atoms with Crippen LogP contribution in [0, 0.1) is 0 Å². The van der Waals surface area contributed by atoms with Crippen LogP contribution in [0.25, 0.3) is 0 Å². The lowest BCUT2D eigenvalue weighted by Crippen LogP contribution is -2.50. The van der Waals surface area contributed by atoms with Crippen molar-refractivity contribution in [1.82, 2.24) is 14.1 Å². The van der Waals surface area contributed by atoms with Crippen LogP contribution in [0.2, 0.25) is 0 Å². The number of piperazine rings is 1. The number of hydrogen-bond donors (Lipinski definition) is 0. The van der Waals surface area contributed by atoms with E-state index in [2.05, 4.69) is 4.90 Å². The Morgan fingerprint density at radius 2 is 1.43 bits per heavy atom. The lowest BCUT2D eigenvalue weighted by molar-refractivity contribution is 0.0628. The van der Waals surface area contributed by atoms with Gasteiger partial charge in [-0.15, -0.1) is 0 Å². The van der Waals surface area contributed by atoms with Crippen LogP contribution in [0.4, 0.5) is 0 Å². The zero-order valence-electron chi connectivity index (χ0n) is 12.9. The SMILES string of the molecule is CS(=O)(=O)N1CCN(CCN2C(=O)c3ccccc3C2=O)CC1. The molecule has 0 radical (unpaired) electrons. The number of hydrogen-bond acceptors (Lipinski definition) is 5. The van der Waals surface area contributed by atoms with Gasteiger partial charge in [0, 0.05) is 39.3 Å². The smallest absolute Gasteiger partial charge is 0.261 e. The van der Waals surface area contributed by atoms with Gasteiger partial charge in [0.25, 0.3) is 11.8 Å². The van der Waals surface area contributed by atoms with Crippen LogP contribution in [0.1, 0.15) is 20.7 Å². The number of amides is 2. The van der Waals surface area contributed by atoms with Gasteiger partial charge in [-0.3, -0.25) is 19.4 Å². The minimum absolute atomic E-state index is 0.250. The molecule has 1 saturated heterocycles. The van der Waals surface area contributed by atoms with Crippen molar-refractivity contribution in [3.63, 3.8) is 0 Å². The van der Waals surface area contributed by atoms with Crippen LogP contribution in [0.3, 0.4) is 0 Å². The monoisotopic (exact) mass is 337 g/mol. The van der Waals surface area contributed by atoms with E-state index in [9.17, 15) is 18.0 Å². The molecule has 0 aliphatic carbocycles. The fourth-order valence-electron chi connectivity index (χ4n) is 2.97. The quantitative estimate of drug-likeness (QED) is 0.715. The van der Waals surface area contributed by atoms with Crippen LogP contribution in [-0.4, -0.2) is 79.9 Å². The summed E-state index contributed by atoms with van der Waals surface area (Å²) in [4.78, 5) is 27.9. The molecule has 124 valence electrons. The molecule has 1 aromatic rings. The van der Waals surface area contributed by atoms with Gasteiger partial charge in [0.2, 0.25) is 10.0 Å². The summed E-state index contributed by atoms with van der Waals surface area (Å²) in [5.74, 6) is -0.499. The number of imide groups is 1. The highest BCUT2D eigenvalue weighted by atomic mass is 32.2. The first kappa shape index (κ1) is 16.1. The Kier molecular flexibility index (Phi) is 4.22. The largest absolute Gasteiger partial charge is 0.299 e. The molecule has 1 fully saturated rings. The maximum absolute atomic E-state index is 12.3. The highest BCUT2D eigenvalue weighted by molar-refractivity contribution is 7.88. The van der Waals surface area contributed by atoms with Gasteiger partial charge in [0.1, 0.15) is 0 Å². The average Bonchev–Trinajstić information content (AvgIpc) is 2.77. The Hall–Kier alpha value is -1.77. The normalized spacial score (nSPS) is 20.1. The number of carbonyl (C=O) groups excluding carboxylic acids is 2. The number of rotatable bonds is 4. The molecule has 0 spiro atoms. The molecule has 2 heterocycles. The molecule has 8 heteroatoms. The molecule has 0 saturated carbocycles. The molecule has 1 aromatic carbocycles. The summed E-state index contributed by atoms with van der Waals surface area (Å²) < 4.78 is 24.4. The molecular formula is C15H19N3O4S. The van der Waals surface area contributed by atoms with Crippen molar-refractivity contribution in [1.29, 1.82) is 0 Å². The molecule has 0 atom stereocenters. The van der Waals surface area contributed by atoms with Crippen molar-refractivity contribution in [2.75, 3.05) is 45.5 Å². The van der Waals surface area contributed by atoms with Crippen molar-refractivity contribution >= 4 is 21.8 Å². The zero-order valence-corrected chi connectivity index (χ0v) is 13.8. The maximum atomic E-state index is 12.3. The minimum atomic E-state index is -3.15. The topological polar surface area (TPSA) is 78.0 Å². The molecule has 0 unspecified atom stereocenters. The number of sulfonamides is 1. The van der Waals surface area contributed by atoms with Crippen molar-refractivity contribution in [3.8, 4) is 0 Å². The second kappa shape index (κ2) is 6.03. The van der Waals surface area contributed by atoms with Crippen molar-refractivity contribution in [2.24, 2.45) is 0 Å². The molecule has 0 N–H and O–H groups in total. The molecule has 2 aliphatic rings. The predicted molar refractivity (Wildman–Crippen MR) is 84.7 cm³/mol. The Morgan fingerprint density at radius 3 is 1.91 bits per heavy atom. The third kappa shape index (κ3) is 3.15. The second-order valence-corrected chi connectivity index (χ2v) is 7.79. The number of carbonyl (C=O) groups is 2. The van der Waals surface area contributed by atoms with E-state index in [-0.39, 0.29) is 11.8 Å². The summed E-state index contributed by atoms with van der Waals surface area (Å²) >= 11 is 0. The first-order chi connectivity index (χ1) is 10.9. The number of nitrogens with zero attached hydrogens (tertiary/aromatic N) is 3. The van der Waals surface area contributed by atoms with Gasteiger partial charge in [-0.25, -0.2) is 8.42 Å². The second-order valence-electron chi connectivity index (χ2n) is 5.81. The van der Waals surface area contributed by atoms with Crippen LogP contribution >= 0.6 is 0 Å². The minimum Gasteiger partial charge on any atom is -0.299 e. The standard InChI is InChI=1S/C15H19N3O4S/c1-23(21,22)17-9-6-16(7-10-17)8-11-18-14(19)12-4-2-3-5-13(12)15(18)20/h2-5H,6-11H2,1H3. The maximum Gasteiger partial charge on any atom is 0.261 e. The van der Waals surface area contributed by atoms with Gasteiger partial charge < -0.3 is 0 Å². The summed E-state index contributed by atoms with van der Waals surface area (Å²) in [6, 6.07) is 6.83. The average molecular weight is 337 g/mol. The zero-order chi connectivity index (χ0) is 16.6. The van der Waals surface area contributed by atoms with Gasteiger partial charge in [0.15, 0.2) is 0 Å². The predicted octanol–water partition coefficient (Wildman–Crippen LogP) is -0.140. The van der Waals surface area contributed by atoms with E-state index in [4.69, 9.17) is 0 Å². The van der Waals surface area contributed by atoms with Crippen molar-refractivity contribution in [3.05, 3.63) is 35.4 Å². The third-order valence-corrected chi connectivity index (χ3v) is 5.62. The Bertz CT molecular complexity index is 704. The summed E-state index contributed by atoms with van der Waals surface area (Å²) in [5.41, 5.74) is 0.916. The molecule has 7 nitrogen and oxygen atoms in total. The number of fused-ring (bicyclic) bond motifs is 1. The van der Waals surface area contributed by atoms with Gasteiger partial charge in [-0.2, -0.15) is 4.31 Å². The Balaban J connectivity index is 1.57. The van der Waals surface area contributed by atoms with Crippen LogP contribution in [0.15, 0.2) is 24.3 Å². The van der Waals surface area contributed by atoms with E-state index in [0.29, 0.717) is 50.4 Å². The lowest BCUT2D eigenvalue weighted by Gasteiger charge is -2.33. The van der Waals surface area contributed by atoms with Crippen LogP contribution < -0.4 is 0 Å². The first-order valence-corrected chi connectivity index (χ1v) is 9.35. The van der Waals surface area contributed by atoms with E-state index >= 15 is 0 Å². The summed E-state index contributed by atoms with van der Waals surface area (Å²) in [6.07, 6.45) is 1.21. The van der Waals surface area contributed by atoms with Gasteiger partial charge in [-0.1, -0.05) is 12.1 Å². The third-order valence-electron chi connectivity index (χ3n) is 4.32. The molecule has 0 bridgehead atoms. The van der Waals surface area contributed by atoms with E-state index in [0.717, 1.165) is 0 Å². The van der Waals surface area contributed by atoms with E-state index < -0.39 is 10.0 Å². The van der Waals surface area contributed by atoms with Gasteiger partial charge in [-0.05, 0) is 12.1 Å². The van der Waals surface area contributed by atoms with Crippen LogP contribution in [0.5, 0.6) is 0 Å². The molecule has 3 rings (SSSR count). The molecule has 2 amide bonds. The Labute approximate surface area is 135 Å². The van der Waals surface area contributed by atoms with Gasteiger partial charge >= 0.3 is 0 Å². The van der Waals surface area contributed by atoms with Gasteiger partial charge in [0.05, 0.1) is 17.4 Å². The highest BCUT2D eigenvalue weighted by Gasteiger charge is 2.35. The van der Waals surface area contributed by atoms with Crippen LogP contribution in [-0.2, 0) is 10.0 Å². The lowest BCUT2D eigenvalue weighted by atomic mass is 10.1. The first-order valence-electron chi connectivity index (χ1n) is 7.50. The fraction of sp³-hybridized carbons (Fsp3) is 0.467. The molecule has 23 heavy (non-hydrogen) atoms. The van der Waals surface area contributed by atoms with E-state index in [1.807, 2.05) is 0 Å². The fourth-order valence-corrected chi connectivity index (χ4v) is 3.80.